The molecule has 1 saturated carbocycles. The van der Waals surface area contributed by atoms with Crippen LogP contribution in [-0.4, -0.2) is 9.97 Å². The lowest BCUT2D eigenvalue weighted by Crippen LogP contribution is -2.16. The smallest absolute Gasteiger partial charge is 0.337 e. The van der Waals surface area contributed by atoms with Gasteiger partial charge in [-0.2, -0.15) is 4.98 Å². The summed E-state index contributed by atoms with van der Waals surface area (Å²) in [7, 11) is 0. The molecule has 2 aromatic rings. The third kappa shape index (κ3) is 4.24. The Kier molecular flexibility index (Phi) is 5.28. The number of nitrogens with one attached hydrogen (secondary N) is 1. The Morgan fingerprint density at radius 1 is 1.35 bits per heavy atom. The zero-order valence-corrected chi connectivity index (χ0v) is 13.4. The minimum Gasteiger partial charge on any atom is -0.403 e. The third-order valence-corrected chi connectivity index (χ3v) is 3.87. The van der Waals surface area contributed by atoms with Gasteiger partial charge in [0.05, 0.1) is 0 Å². The van der Waals surface area contributed by atoms with Crippen LogP contribution in [0.2, 0.25) is 0 Å². The second-order valence-corrected chi connectivity index (χ2v) is 5.96. The molecule has 0 radical (unpaired) electrons. The van der Waals surface area contributed by atoms with Crippen LogP contribution in [0.1, 0.15) is 51.4 Å². The number of rotatable bonds is 3. The number of aryl methyl sites for hydroxylation is 1. The molecule has 0 aliphatic heterocycles. The molecular weight excluding hydrogens is 306 g/mol. The second kappa shape index (κ2) is 7.02. The van der Waals surface area contributed by atoms with Gasteiger partial charge in [-0.05, 0) is 36.7 Å². The van der Waals surface area contributed by atoms with E-state index in [9.17, 15) is 18.4 Å². The van der Waals surface area contributed by atoms with Crippen molar-refractivity contribution in [2.45, 2.75) is 46.5 Å². The van der Waals surface area contributed by atoms with Crippen LogP contribution in [0, 0.1) is 11.8 Å². The van der Waals surface area contributed by atoms with E-state index in [0.717, 1.165) is 17.9 Å². The van der Waals surface area contributed by atoms with Crippen molar-refractivity contribution in [3.8, 4) is 0 Å². The quantitative estimate of drug-likeness (QED) is 0.937. The fourth-order valence-corrected chi connectivity index (χ4v) is 2.31. The molecule has 1 N–H and O–H groups in total. The third-order valence-electron chi connectivity index (χ3n) is 3.87. The largest absolute Gasteiger partial charge is 0.403 e. The topological polar surface area (TPSA) is 76.0 Å². The van der Waals surface area contributed by atoms with Gasteiger partial charge in [-0.15, -0.1) is 0 Å². The molecule has 2 aromatic heterocycles. The molecule has 7 heteroatoms. The first-order valence-corrected chi connectivity index (χ1v) is 7.68. The maximum Gasteiger partial charge on any atom is 0.337 e. The Hall–Kier alpha value is -2.05. The fraction of sp³-hybridized carbons (Fsp3) is 0.562. The lowest BCUT2D eigenvalue weighted by molar-refractivity contribution is 0.140. The van der Waals surface area contributed by atoms with Gasteiger partial charge in [0.1, 0.15) is 5.39 Å². The highest BCUT2D eigenvalue weighted by atomic mass is 19.3. The number of hydrogen-bond donors (Lipinski definition) is 1. The normalized spacial score (nSPS) is 14.2. The van der Waals surface area contributed by atoms with Gasteiger partial charge in [-0.1, -0.05) is 20.8 Å². The summed E-state index contributed by atoms with van der Waals surface area (Å²) < 4.78 is 29.5. The molecule has 1 fully saturated rings. The molecule has 0 aromatic carbocycles. The summed E-state index contributed by atoms with van der Waals surface area (Å²) >= 11 is 0. The number of halogens is 2. The molecule has 5 nitrogen and oxygen atoms in total. The van der Waals surface area contributed by atoms with Gasteiger partial charge in [-0.3, -0.25) is 4.79 Å². The average Bonchev–Trinajstić information content (AvgIpc) is 3.30. The van der Waals surface area contributed by atoms with Crippen molar-refractivity contribution < 1.29 is 13.2 Å². The second-order valence-electron chi connectivity index (χ2n) is 5.96. The van der Waals surface area contributed by atoms with Gasteiger partial charge in [0, 0.05) is 6.07 Å². The van der Waals surface area contributed by atoms with Gasteiger partial charge in [0.2, 0.25) is 5.71 Å². The number of alkyl halides is 2. The molecule has 23 heavy (non-hydrogen) atoms. The van der Waals surface area contributed by atoms with Crippen LogP contribution >= 0.6 is 0 Å². The van der Waals surface area contributed by atoms with Crippen LogP contribution in [0.25, 0.3) is 11.1 Å². The lowest BCUT2D eigenvalue weighted by atomic mass is 10.1. The number of H-pyrrole nitrogens is 1. The predicted molar refractivity (Wildman–Crippen MR) is 82.8 cm³/mol. The van der Waals surface area contributed by atoms with E-state index < -0.39 is 23.4 Å². The van der Waals surface area contributed by atoms with Crippen LogP contribution in [0.3, 0.4) is 0 Å². The maximum absolute atomic E-state index is 12.4. The summed E-state index contributed by atoms with van der Waals surface area (Å²) in [5, 5.41) is 0.0384. The van der Waals surface area contributed by atoms with Gasteiger partial charge in [0.15, 0.2) is 5.82 Å². The van der Waals surface area contributed by atoms with Crippen molar-refractivity contribution in [1.29, 1.82) is 0 Å². The van der Waals surface area contributed by atoms with E-state index in [2.05, 4.69) is 23.2 Å². The SMILES string of the molecule is CC(C)C1CC1.CCc1cc(=O)oc2nc(C(F)F)[nH]c(=O)c12. The van der Waals surface area contributed by atoms with Crippen molar-refractivity contribution >= 4 is 11.1 Å². The first-order chi connectivity index (χ1) is 10.8. The van der Waals surface area contributed by atoms with E-state index in [1.807, 2.05) is 4.98 Å². The summed E-state index contributed by atoms with van der Waals surface area (Å²) in [5.74, 6) is 1.26. The van der Waals surface area contributed by atoms with E-state index in [0.29, 0.717) is 12.0 Å². The van der Waals surface area contributed by atoms with Crippen LogP contribution < -0.4 is 11.2 Å². The van der Waals surface area contributed by atoms with E-state index in [1.54, 1.807) is 6.92 Å². The van der Waals surface area contributed by atoms with Crippen LogP contribution in [-0.2, 0) is 6.42 Å². The lowest BCUT2D eigenvalue weighted by Gasteiger charge is -2.03. The molecule has 0 saturated heterocycles. The van der Waals surface area contributed by atoms with Crippen LogP contribution in [0.4, 0.5) is 8.78 Å². The number of hydrogen-bond acceptors (Lipinski definition) is 4. The van der Waals surface area contributed by atoms with E-state index in [-0.39, 0.29) is 11.1 Å². The van der Waals surface area contributed by atoms with Crippen molar-refractivity contribution in [2.24, 2.45) is 11.8 Å². The van der Waals surface area contributed by atoms with Crippen molar-refractivity contribution in [3.05, 3.63) is 38.2 Å². The highest BCUT2D eigenvalue weighted by molar-refractivity contribution is 5.75. The zero-order chi connectivity index (χ0) is 17.1. The average molecular weight is 326 g/mol. The highest BCUT2D eigenvalue weighted by Crippen LogP contribution is 2.35. The number of fused-ring (bicyclic) bond motifs is 1. The van der Waals surface area contributed by atoms with Gasteiger partial charge in [0.25, 0.3) is 12.0 Å². The van der Waals surface area contributed by atoms with Crippen LogP contribution in [0.15, 0.2) is 20.1 Å². The molecule has 3 rings (SSSR count). The van der Waals surface area contributed by atoms with Crippen molar-refractivity contribution in [3.63, 3.8) is 0 Å². The molecule has 2 heterocycles. The number of aromatic amines is 1. The van der Waals surface area contributed by atoms with E-state index in [4.69, 9.17) is 0 Å². The maximum atomic E-state index is 12.4. The van der Waals surface area contributed by atoms with Crippen molar-refractivity contribution in [1.82, 2.24) is 9.97 Å². The summed E-state index contributed by atoms with van der Waals surface area (Å²) in [6.07, 6.45) is 0.471. The predicted octanol–water partition coefficient (Wildman–Crippen LogP) is 3.43. The Balaban J connectivity index is 0.000000268. The molecule has 126 valence electrons. The first kappa shape index (κ1) is 17.3. The molecule has 0 spiro atoms. The fourth-order valence-electron chi connectivity index (χ4n) is 2.31. The molecule has 0 bridgehead atoms. The monoisotopic (exact) mass is 326 g/mol. The molecule has 0 atom stereocenters. The Bertz CT molecular complexity index is 792. The van der Waals surface area contributed by atoms with Gasteiger partial charge in [-0.25, -0.2) is 13.6 Å². The summed E-state index contributed by atoms with van der Waals surface area (Å²) in [4.78, 5) is 28.2. The van der Waals surface area contributed by atoms with E-state index in [1.165, 1.54) is 12.8 Å². The number of aromatic nitrogens is 2. The minimum absolute atomic E-state index is 0.0384. The highest BCUT2D eigenvalue weighted by Gasteiger charge is 2.24. The van der Waals surface area contributed by atoms with Crippen molar-refractivity contribution in [2.75, 3.05) is 0 Å². The van der Waals surface area contributed by atoms with Gasteiger partial charge < -0.3 is 9.40 Å². The van der Waals surface area contributed by atoms with E-state index >= 15 is 0 Å². The van der Waals surface area contributed by atoms with Gasteiger partial charge >= 0.3 is 5.63 Å². The van der Waals surface area contributed by atoms with Crippen LogP contribution in [0.5, 0.6) is 0 Å². The summed E-state index contributed by atoms with van der Waals surface area (Å²) in [5.41, 5.74) is -1.38. The first-order valence-electron chi connectivity index (χ1n) is 7.68. The molecule has 1 aliphatic rings. The molecule has 1 aliphatic carbocycles. The summed E-state index contributed by atoms with van der Waals surface area (Å²) in [6, 6.07) is 1.15. The molecule has 0 amide bonds. The zero-order valence-electron chi connectivity index (χ0n) is 13.4. The Labute approximate surface area is 131 Å². The standard InChI is InChI=1S/C10H8F2N2O3.C6H12/c1-2-4-3-5(15)17-10-6(4)9(16)13-8(14-10)7(11)12;1-5(2)6-3-4-6/h3,7H,2H2,1H3,(H,13,14,16);5-6H,3-4H2,1-2H3. The molecule has 0 unspecified atom stereocenters. The molecular formula is C16H20F2N2O3. The Morgan fingerprint density at radius 2 is 2.00 bits per heavy atom. The number of nitrogens with zero attached hydrogens (tertiary/aromatic N) is 1. The minimum atomic E-state index is -2.93. The Morgan fingerprint density at radius 3 is 2.43 bits per heavy atom. The summed E-state index contributed by atoms with van der Waals surface area (Å²) in [6.45, 7) is 6.34.